The highest BCUT2D eigenvalue weighted by Gasteiger charge is 2.39. The van der Waals surface area contributed by atoms with Crippen molar-refractivity contribution in [2.45, 2.75) is 38.0 Å². The molecule has 1 saturated heterocycles. The van der Waals surface area contributed by atoms with E-state index < -0.39 is 0 Å². The Kier molecular flexibility index (Phi) is 4.94. The number of aromatic hydroxyl groups is 1. The zero-order valence-electron chi connectivity index (χ0n) is 16.8. The summed E-state index contributed by atoms with van der Waals surface area (Å²) < 4.78 is 6.07. The molecule has 29 heavy (non-hydrogen) atoms. The van der Waals surface area contributed by atoms with E-state index in [1.807, 2.05) is 6.07 Å². The number of hydrogen-bond acceptors (Lipinski definition) is 4. The van der Waals surface area contributed by atoms with E-state index >= 15 is 0 Å². The van der Waals surface area contributed by atoms with Gasteiger partial charge in [-0.15, -0.1) is 0 Å². The maximum Gasteiger partial charge on any atom is 0.126 e. The third-order valence-corrected chi connectivity index (χ3v) is 7.30. The summed E-state index contributed by atoms with van der Waals surface area (Å²) in [5, 5.41) is 9.89. The Hall–Kier alpha value is -2.49. The second-order valence-corrected chi connectivity index (χ2v) is 8.92. The van der Waals surface area contributed by atoms with Crippen molar-refractivity contribution in [1.29, 1.82) is 0 Å². The molecule has 2 atom stereocenters. The van der Waals surface area contributed by atoms with Gasteiger partial charge < -0.3 is 19.5 Å². The average Bonchev–Trinajstić information content (AvgIpc) is 2.73. The van der Waals surface area contributed by atoms with Crippen LogP contribution in [0.3, 0.4) is 0 Å². The number of anilines is 1. The van der Waals surface area contributed by atoms with Crippen LogP contribution in [0.1, 0.15) is 49.1 Å². The number of piperidine rings is 1. The van der Waals surface area contributed by atoms with Crippen molar-refractivity contribution in [1.82, 2.24) is 0 Å². The van der Waals surface area contributed by atoms with Gasteiger partial charge in [-0.1, -0.05) is 37.5 Å². The monoisotopic (exact) mass is 391 g/mol. The summed E-state index contributed by atoms with van der Waals surface area (Å²) >= 11 is 0. The van der Waals surface area contributed by atoms with E-state index in [-0.39, 0.29) is 11.7 Å². The molecule has 2 fully saturated rings. The SMILES string of the molecule is O=CC1CCN(c2ccc([C@@H]3c4ccc(O)cc4OC[C@@H]3C3CCC3)cc2)CC1. The summed E-state index contributed by atoms with van der Waals surface area (Å²) in [5.41, 5.74) is 3.78. The summed E-state index contributed by atoms with van der Waals surface area (Å²) in [4.78, 5) is 13.4. The highest BCUT2D eigenvalue weighted by atomic mass is 16.5. The van der Waals surface area contributed by atoms with Crippen molar-refractivity contribution in [3.8, 4) is 11.5 Å². The summed E-state index contributed by atoms with van der Waals surface area (Å²) in [6.07, 6.45) is 6.93. The van der Waals surface area contributed by atoms with E-state index in [1.165, 1.54) is 36.1 Å². The summed E-state index contributed by atoms with van der Waals surface area (Å²) in [6.45, 7) is 2.63. The fourth-order valence-corrected chi connectivity index (χ4v) is 5.31. The Balaban J connectivity index is 1.42. The molecule has 0 radical (unpaired) electrons. The molecule has 0 amide bonds. The molecule has 2 aromatic carbocycles. The minimum Gasteiger partial charge on any atom is -0.508 e. The molecule has 1 saturated carbocycles. The molecular formula is C25H29NO3. The predicted octanol–water partition coefficient (Wildman–Crippen LogP) is 4.75. The van der Waals surface area contributed by atoms with Crippen molar-refractivity contribution in [3.63, 3.8) is 0 Å². The van der Waals surface area contributed by atoms with Gasteiger partial charge in [-0.05, 0) is 42.5 Å². The van der Waals surface area contributed by atoms with E-state index in [0.717, 1.165) is 50.5 Å². The Bertz CT molecular complexity index is 866. The minimum absolute atomic E-state index is 0.226. The van der Waals surface area contributed by atoms with Gasteiger partial charge in [0.25, 0.3) is 0 Å². The molecule has 2 aliphatic heterocycles. The van der Waals surface area contributed by atoms with Crippen LogP contribution in [0.2, 0.25) is 0 Å². The molecule has 2 heterocycles. The average molecular weight is 392 g/mol. The first kappa shape index (κ1) is 18.5. The lowest BCUT2D eigenvalue weighted by atomic mass is 9.66. The van der Waals surface area contributed by atoms with Crippen LogP contribution in [0.15, 0.2) is 42.5 Å². The zero-order valence-corrected chi connectivity index (χ0v) is 16.8. The quantitative estimate of drug-likeness (QED) is 0.765. The largest absolute Gasteiger partial charge is 0.508 e. The van der Waals surface area contributed by atoms with E-state index in [2.05, 4.69) is 29.2 Å². The van der Waals surface area contributed by atoms with Crippen LogP contribution < -0.4 is 9.64 Å². The molecule has 4 nitrogen and oxygen atoms in total. The number of benzene rings is 2. The Morgan fingerprint density at radius 3 is 2.41 bits per heavy atom. The predicted molar refractivity (Wildman–Crippen MR) is 114 cm³/mol. The number of carbonyl (C=O) groups is 1. The molecule has 0 bridgehead atoms. The fourth-order valence-electron chi connectivity index (χ4n) is 5.31. The maximum atomic E-state index is 11.0. The Labute approximate surface area is 172 Å². The van der Waals surface area contributed by atoms with E-state index in [0.29, 0.717) is 11.8 Å². The standard InChI is InChI=1S/C25H29NO3/c27-15-17-10-12-26(13-11-17)20-6-4-19(5-7-20)25-22-9-8-21(28)14-24(22)29-16-23(25)18-2-1-3-18/h4-9,14-15,17-18,23,25,28H,1-3,10-13,16H2/t23-,25-/m1/s1. The van der Waals surface area contributed by atoms with Crippen LogP contribution >= 0.6 is 0 Å². The number of fused-ring (bicyclic) bond motifs is 1. The van der Waals surface area contributed by atoms with Crippen molar-refractivity contribution in [2.75, 3.05) is 24.6 Å². The van der Waals surface area contributed by atoms with E-state index in [4.69, 9.17) is 4.74 Å². The van der Waals surface area contributed by atoms with Crippen LogP contribution in [0.4, 0.5) is 5.69 Å². The van der Waals surface area contributed by atoms with Crippen molar-refractivity contribution >= 4 is 12.0 Å². The number of hydrogen-bond donors (Lipinski definition) is 1. The van der Waals surface area contributed by atoms with Gasteiger partial charge in [0, 0.05) is 48.2 Å². The molecule has 3 aliphatic rings. The third kappa shape index (κ3) is 3.50. The number of nitrogens with zero attached hydrogens (tertiary/aromatic N) is 1. The zero-order chi connectivity index (χ0) is 19.8. The molecule has 1 N–H and O–H groups in total. The number of aldehydes is 1. The first-order chi connectivity index (χ1) is 14.2. The van der Waals surface area contributed by atoms with Gasteiger partial charge in [-0.3, -0.25) is 0 Å². The van der Waals surface area contributed by atoms with Gasteiger partial charge >= 0.3 is 0 Å². The van der Waals surface area contributed by atoms with Crippen LogP contribution in [0.25, 0.3) is 0 Å². The lowest BCUT2D eigenvalue weighted by molar-refractivity contribution is -0.111. The summed E-state index contributed by atoms with van der Waals surface area (Å²) in [5.74, 6) is 2.85. The van der Waals surface area contributed by atoms with Crippen molar-refractivity contribution < 1.29 is 14.6 Å². The van der Waals surface area contributed by atoms with Gasteiger partial charge in [0.1, 0.15) is 17.8 Å². The van der Waals surface area contributed by atoms with Gasteiger partial charge in [-0.2, -0.15) is 0 Å². The summed E-state index contributed by atoms with van der Waals surface area (Å²) in [6, 6.07) is 14.6. The second-order valence-electron chi connectivity index (χ2n) is 8.92. The molecular weight excluding hydrogens is 362 g/mol. The topological polar surface area (TPSA) is 49.8 Å². The van der Waals surface area contributed by atoms with Gasteiger partial charge in [-0.25, -0.2) is 0 Å². The number of ether oxygens (including phenoxy) is 1. The van der Waals surface area contributed by atoms with Crippen molar-refractivity contribution in [2.24, 2.45) is 17.8 Å². The molecule has 1 aliphatic carbocycles. The molecule has 5 rings (SSSR count). The first-order valence-electron chi connectivity index (χ1n) is 11.0. The Morgan fingerprint density at radius 1 is 1.00 bits per heavy atom. The highest BCUT2D eigenvalue weighted by molar-refractivity contribution is 5.56. The van der Waals surface area contributed by atoms with E-state index in [1.54, 1.807) is 12.1 Å². The van der Waals surface area contributed by atoms with Crippen LogP contribution in [-0.4, -0.2) is 31.1 Å². The van der Waals surface area contributed by atoms with Gasteiger partial charge in [0.2, 0.25) is 0 Å². The minimum atomic E-state index is 0.226. The molecule has 2 aromatic rings. The number of phenolic OH excluding ortho intramolecular Hbond substituents is 1. The van der Waals surface area contributed by atoms with Crippen LogP contribution in [0.5, 0.6) is 11.5 Å². The van der Waals surface area contributed by atoms with Gasteiger partial charge in [0.05, 0.1) is 6.61 Å². The second kappa shape index (κ2) is 7.74. The molecule has 0 unspecified atom stereocenters. The van der Waals surface area contributed by atoms with Crippen LogP contribution in [-0.2, 0) is 4.79 Å². The number of phenols is 1. The third-order valence-electron chi connectivity index (χ3n) is 7.30. The van der Waals surface area contributed by atoms with Crippen LogP contribution in [0, 0.1) is 17.8 Å². The summed E-state index contributed by atoms with van der Waals surface area (Å²) in [7, 11) is 0. The Morgan fingerprint density at radius 2 is 1.76 bits per heavy atom. The van der Waals surface area contributed by atoms with Crippen molar-refractivity contribution in [3.05, 3.63) is 53.6 Å². The molecule has 4 heteroatoms. The van der Waals surface area contributed by atoms with Gasteiger partial charge in [0.15, 0.2) is 0 Å². The normalized spacial score (nSPS) is 25.0. The lowest BCUT2D eigenvalue weighted by Gasteiger charge is -2.42. The number of rotatable bonds is 4. The maximum absolute atomic E-state index is 11.0. The molecule has 152 valence electrons. The lowest BCUT2D eigenvalue weighted by Crippen LogP contribution is -2.36. The smallest absolute Gasteiger partial charge is 0.126 e. The van der Waals surface area contributed by atoms with E-state index in [9.17, 15) is 9.90 Å². The molecule has 0 spiro atoms. The highest BCUT2D eigenvalue weighted by Crippen LogP contribution is 2.49. The molecule has 0 aromatic heterocycles. The first-order valence-corrected chi connectivity index (χ1v) is 11.0. The number of carbonyl (C=O) groups excluding carboxylic acids is 1. The fraction of sp³-hybridized carbons (Fsp3) is 0.480.